The van der Waals surface area contributed by atoms with E-state index in [0.717, 1.165) is 18.1 Å². The number of carbonyl (C=O) groups is 1. The van der Waals surface area contributed by atoms with Gasteiger partial charge in [0, 0.05) is 25.0 Å². The first-order valence-electron chi connectivity index (χ1n) is 10.0. The average Bonchev–Trinajstić information content (AvgIpc) is 2.76. The number of carbonyl (C=O) groups excluding carboxylic acids is 1. The van der Waals surface area contributed by atoms with E-state index in [1.807, 2.05) is 0 Å². The lowest BCUT2D eigenvalue weighted by atomic mass is 9.99. The van der Waals surface area contributed by atoms with Gasteiger partial charge in [0.1, 0.15) is 17.9 Å². The third-order valence-electron chi connectivity index (χ3n) is 5.11. The molecule has 0 aliphatic carbocycles. The largest absolute Gasteiger partial charge is 0.496 e. The van der Waals surface area contributed by atoms with Crippen molar-refractivity contribution < 1.29 is 22.7 Å². The number of alkyl halides is 3. The smallest absolute Gasteiger partial charge is 0.393 e. The molecule has 0 saturated heterocycles. The number of aromatic nitrogens is 3. The molecule has 2 heterocycles. The van der Waals surface area contributed by atoms with E-state index in [1.54, 1.807) is 43.6 Å². The number of nitrogens with zero attached hydrogens (tertiary/aromatic N) is 3. The normalized spacial score (nSPS) is 12.3. The Morgan fingerprint density at radius 3 is 2.52 bits per heavy atom. The Hall–Kier alpha value is -3.69. The van der Waals surface area contributed by atoms with E-state index in [1.165, 1.54) is 18.6 Å². The highest BCUT2D eigenvalue weighted by Gasteiger charge is 2.30. The van der Waals surface area contributed by atoms with Crippen molar-refractivity contribution in [3.8, 4) is 16.9 Å². The van der Waals surface area contributed by atoms with Gasteiger partial charge in [-0.05, 0) is 30.5 Å². The highest BCUT2D eigenvalue weighted by molar-refractivity contribution is 5.84. The van der Waals surface area contributed by atoms with Crippen molar-refractivity contribution in [2.75, 3.05) is 12.4 Å². The summed E-state index contributed by atoms with van der Waals surface area (Å²) in [4.78, 5) is 32.3. The van der Waals surface area contributed by atoms with Crippen molar-refractivity contribution in [3.05, 3.63) is 70.5 Å². The Balaban J connectivity index is 1.84. The molecular formula is C23H23F3N4O3. The van der Waals surface area contributed by atoms with Crippen LogP contribution in [0.25, 0.3) is 11.1 Å². The standard InChI is InChI=1S/C23H23F3N4O3/c1-14(31)18(29-21-17(11-23(24,25)26)12-27-13-28-21)10-15-4-6-16(7-5-15)20-19(33-3)8-9-30(2)22(20)32/h4-9,12-13,18H,10-11H2,1-3H3,(H,27,28,29). The zero-order valence-corrected chi connectivity index (χ0v) is 18.3. The summed E-state index contributed by atoms with van der Waals surface area (Å²) in [6.07, 6.45) is -1.59. The summed E-state index contributed by atoms with van der Waals surface area (Å²) in [6, 6.07) is 7.90. The molecule has 0 spiro atoms. The minimum Gasteiger partial charge on any atom is -0.496 e. The number of hydrogen-bond donors (Lipinski definition) is 1. The molecule has 0 bridgehead atoms. The van der Waals surface area contributed by atoms with Crippen molar-refractivity contribution in [2.45, 2.75) is 32.0 Å². The minimum absolute atomic E-state index is 0.0309. The summed E-state index contributed by atoms with van der Waals surface area (Å²) < 4.78 is 45.4. The molecule has 33 heavy (non-hydrogen) atoms. The third-order valence-corrected chi connectivity index (χ3v) is 5.11. The molecule has 1 unspecified atom stereocenters. The second-order valence-corrected chi connectivity index (χ2v) is 7.57. The molecule has 1 N–H and O–H groups in total. The maximum atomic E-state index is 12.9. The maximum absolute atomic E-state index is 12.9. The highest BCUT2D eigenvalue weighted by atomic mass is 19.4. The Bertz CT molecular complexity index is 1190. The predicted octanol–water partition coefficient (Wildman–Crippen LogP) is 3.57. The summed E-state index contributed by atoms with van der Waals surface area (Å²) in [5, 5.41) is 2.83. The molecule has 1 aromatic carbocycles. The Morgan fingerprint density at radius 2 is 1.91 bits per heavy atom. The number of anilines is 1. The second kappa shape index (κ2) is 9.85. The van der Waals surface area contributed by atoms with Crippen LogP contribution in [0.4, 0.5) is 19.0 Å². The average molecular weight is 460 g/mol. The van der Waals surface area contributed by atoms with Gasteiger partial charge in [0.2, 0.25) is 0 Å². The number of pyridine rings is 1. The number of ether oxygens (including phenoxy) is 1. The molecule has 0 fully saturated rings. The Kier molecular flexibility index (Phi) is 7.15. The van der Waals surface area contributed by atoms with E-state index in [0.29, 0.717) is 16.9 Å². The van der Waals surface area contributed by atoms with E-state index in [4.69, 9.17) is 4.74 Å². The van der Waals surface area contributed by atoms with E-state index in [2.05, 4.69) is 15.3 Å². The number of ketones is 1. The van der Waals surface area contributed by atoms with Gasteiger partial charge in [-0.2, -0.15) is 13.2 Å². The summed E-state index contributed by atoms with van der Waals surface area (Å²) >= 11 is 0. The molecule has 1 atom stereocenters. The molecule has 0 saturated carbocycles. The van der Waals surface area contributed by atoms with Crippen LogP contribution >= 0.6 is 0 Å². The first-order chi connectivity index (χ1) is 15.6. The number of benzene rings is 1. The molecule has 3 rings (SSSR count). The monoisotopic (exact) mass is 460 g/mol. The van der Waals surface area contributed by atoms with Gasteiger partial charge in [0.15, 0.2) is 5.78 Å². The number of halogens is 3. The van der Waals surface area contributed by atoms with E-state index in [9.17, 15) is 22.8 Å². The van der Waals surface area contributed by atoms with E-state index >= 15 is 0 Å². The molecule has 7 nitrogen and oxygen atoms in total. The summed E-state index contributed by atoms with van der Waals surface area (Å²) in [5.74, 6) is 0.154. The van der Waals surface area contributed by atoms with Crippen molar-refractivity contribution in [1.82, 2.24) is 14.5 Å². The Morgan fingerprint density at radius 1 is 1.21 bits per heavy atom. The minimum atomic E-state index is -4.43. The van der Waals surface area contributed by atoms with Crippen LogP contribution in [0.5, 0.6) is 5.75 Å². The molecule has 0 aliphatic heterocycles. The van der Waals surface area contributed by atoms with Crippen LogP contribution in [-0.4, -0.2) is 39.6 Å². The van der Waals surface area contributed by atoms with Crippen LogP contribution in [0.15, 0.2) is 53.8 Å². The zero-order valence-electron chi connectivity index (χ0n) is 18.3. The lowest BCUT2D eigenvalue weighted by Crippen LogP contribution is -2.31. The van der Waals surface area contributed by atoms with Gasteiger partial charge in [-0.3, -0.25) is 9.59 Å². The fourth-order valence-corrected chi connectivity index (χ4v) is 3.39. The predicted molar refractivity (Wildman–Crippen MR) is 117 cm³/mol. The second-order valence-electron chi connectivity index (χ2n) is 7.57. The zero-order chi connectivity index (χ0) is 24.2. The molecule has 0 amide bonds. The molecular weight excluding hydrogens is 437 g/mol. The number of rotatable bonds is 8. The van der Waals surface area contributed by atoms with Gasteiger partial charge in [-0.1, -0.05) is 24.3 Å². The van der Waals surface area contributed by atoms with Crippen LogP contribution in [0.1, 0.15) is 18.1 Å². The number of nitrogens with one attached hydrogen (secondary N) is 1. The van der Waals surface area contributed by atoms with Crippen molar-refractivity contribution in [2.24, 2.45) is 7.05 Å². The van der Waals surface area contributed by atoms with Crippen molar-refractivity contribution in [1.29, 1.82) is 0 Å². The van der Waals surface area contributed by atoms with Gasteiger partial charge in [-0.15, -0.1) is 0 Å². The quantitative estimate of drug-likeness (QED) is 0.553. The molecule has 0 radical (unpaired) electrons. The maximum Gasteiger partial charge on any atom is 0.393 e. The number of methoxy groups -OCH3 is 1. The summed E-state index contributed by atoms with van der Waals surface area (Å²) in [5.41, 5.74) is 1.45. The van der Waals surface area contributed by atoms with Gasteiger partial charge in [0.05, 0.1) is 25.1 Å². The molecule has 2 aromatic heterocycles. The molecule has 10 heteroatoms. The van der Waals surface area contributed by atoms with Crippen LogP contribution in [0, 0.1) is 0 Å². The van der Waals surface area contributed by atoms with E-state index < -0.39 is 18.6 Å². The topological polar surface area (TPSA) is 86.1 Å². The number of Topliss-reactive ketones (excluding diaryl/α,β-unsaturated/α-hetero) is 1. The van der Waals surface area contributed by atoms with Gasteiger partial charge < -0.3 is 14.6 Å². The highest BCUT2D eigenvalue weighted by Crippen LogP contribution is 2.27. The fraction of sp³-hybridized carbons (Fsp3) is 0.304. The Labute approximate surface area is 188 Å². The first kappa shape index (κ1) is 24.0. The number of hydrogen-bond acceptors (Lipinski definition) is 6. The van der Waals surface area contributed by atoms with Gasteiger partial charge in [-0.25, -0.2) is 9.97 Å². The van der Waals surface area contributed by atoms with Crippen LogP contribution in [0.2, 0.25) is 0 Å². The summed E-state index contributed by atoms with van der Waals surface area (Å²) in [7, 11) is 3.12. The van der Waals surface area contributed by atoms with Gasteiger partial charge in [0.25, 0.3) is 5.56 Å². The van der Waals surface area contributed by atoms with Crippen LogP contribution in [0.3, 0.4) is 0 Å². The van der Waals surface area contributed by atoms with Crippen LogP contribution in [-0.2, 0) is 24.7 Å². The number of aryl methyl sites for hydroxylation is 1. The van der Waals surface area contributed by atoms with Crippen LogP contribution < -0.4 is 15.6 Å². The lowest BCUT2D eigenvalue weighted by molar-refractivity contribution is -0.127. The van der Waals surface area contributed by atoms with E-state index in [-0.39, 0.29) is 29.1 Å². The molecule has 3 aromatic rings. The first-order valence-corrected chi connectivity index (χ1v) is 10.0. The lowest BCUT2D eigenvalue weighted by Gasteiger charge is -2.19. The third kappa shape index (κ3) is 5.97. The summed E-state index contributed by atoms with van der Waals surface area (Å²) in [6.45, 7) is 1.36. The molecule has 174 valence electrons. The SMILES string of the molecule is COc1ccn(C)c(=O)c1-c1ccc(CC(Nc2ncncc2CC(F)(F)F)C(C)=O)cc1. The van der Waals surface area contributed by atoms with Crippen molar-refractivity contribution >= 4 is 11.6 Å². The van der Waals surface area contributed by atoms with Crippen molar-refractivity contribution in [3.63, 3.8) is 0 Å². The van der Waals surface area contributed by atoms with Gasteiger partial charge >= 0.3 is 6.18 Å². The molecule has 0 aliphatic rings. The fourth-order valence-electron chi connectivity index (χ4n) is 3.39.